The van der Waals surface area contributed by atoms with E-state index in [2.05, 4.69) is 86.8 Å². The lowest BCUT2D eigenvalue weighted by Crippen LogP contribution is -2.37. The van der Waals surface area contributed by atoms with Crippen LogP contribution in [0.15, 0.2) is 72.9 Å². The second-order valence-corrected chi connectivity index (χ2v) is 20.6. The van der Waals surface area contributed by atoms with E-state index in [0.29, 0.717) is 17.4 Å². The molecule has 0 spiro atoms. The van der Waals surface area contributed by atoms with Crippen molar-refractivity contribution in [1.29, 1.82) is 0 Å². The molecule has 0 rings (SSSR count). The summed E-state index contributed by atoms with van der Waals surface area (Å²) in [6.07, 6.45) is 62.4. The molecule has 0 N–H and O–H groups in total. The van der Waals surface area contributed by atoms with Gasteiger partial charge in [0.1, 0.15) is 19.8 Å². The molecule has 0 amide bonds. The van der Waals surface area contributed by atoms with Gasteiger partial charge in [-0.3, -0.25) is 14.2 Å². The zero-order valence-corrected chi connectivity index (χ0v) is 44.7. The maximum absolute atomic E-state index is 12.8. The summed E-state index contributed by atoms with van der Waals surface area (Å²) in [5, 5.41) is 0. The van der Waals surface area contributed by atoms with E-state index in [9.17, 15) is 19.0 Å². The highest BCUT2D eigenvalue weighted by molar-refractivity contribution is 7.45. The highest BCUT2D eigenvalue weighted by Gasteiger charge is 2.21. The van der Waals surface area contributed by atoms with Gasteiger partial charge in [0.2, 0.25) is 0 Å². The first-order chi connectivity index (χ1) is 32.5. The summed E-state index contributed by atoms with van der Waals surface area (Å²) in [6, 6.07) is 0. The van der Waals surface area contributed by atoms with Crippen LogP contribution in [0.25, 0.3) is 0 Å². The number of esters is 2. The van der Waals surface area contributed by atoms with E-state index in [-0.39, 0.29) is 26.1 Å². The number of carbonyl (C=O) groups excluding carboxylic acids is 2. The summed E-state index contributed by atoms with van der Waals surface area (Å²) in [6.45, 7) is 4.09. The molecule has 2 unspecified atom stereocenters. The fraction of sp³-hybridized carbons (Fsp3) is 0.754. The van der Waals surface area contributed by atoms with Crippen molar-refractivity contribution < 1.29 is 42.1 Å². The van der Waals surface area contributed by atoms with Gasteiger partial charge in [0.25, 0.3) is 7.82 Å². The zero-order chi connectivity index (χ0) is 49.2. The lowest BCUT2D eigenvalue weighted by molar-refractivity contribution is -0.870. The average molecular weight is 960 g/mol. The summed E-state index contributed by atoms with van der Waals surface area (Å²) in [7, 11) is 1.16. The predicted molar refractivity (Wildman–Crippen MR) is 282 cm³/mol. The third-order valence-electron chi connectivity index (χ3n) is 11.5. The number of allylic oxidation sites excluding steroid dienone is 12. The van der Waals surface area contributed by atoms with Crippen molar-refractivity contribution in [2.75, 3.05) is 47.5 Å². The maximum Gasteiger partial charge on any atom is 0.306 e. The first-order valence-corrected chi connectivity index (χ1v) is 28.6. The fourth-order valence-electron chi connectivity index (χ4n) is 7.27. The van der Waals surface area contributed by atoms with Crippen molar-refractivity contribution in [3.05, 3.63) is 72.9 Å². The summed E-state index contributed by atoms with van der Waals surface area (Å²) >= 11 is 0. The van der Waals surface area contributed by atoms with Gasteiger partial charge in [-0.15, -0.1) is 0 Å². The van der Waals surface area contributed by atoms with E-state index >= 15 is 0 Å². The molecule has 0 aliphatic heterocycles. The molecular formula is C57H102NO8P. The van der Waals surface area contributed by atoms with E-state index in [1.54, 1.807) is 0 Å². The Morgan fingerprint density at radius 1 is 0.478 bits per heavy atom. The van der Waals surface area contributed by atoms with Crippen molar-refractivity contribution in [2.24, 2.45) is 0 Å². The van der Waals surface area contributed by atoms with Gasteiger partial charge in [0.05, 0.1) is 27.7 Å². The molecule has 0 aromatic carbocycles. The number of quaternary nitrogens is 1. The zero-order valence-electron chi connectivity index (χ0n) is 43.8. The van der Waals surface area contributed by atoms with Gasteiger partial charge in [-0.25, -0.2) is 0 Å². The van der Waals surface area contributed by atoms with E-state index < -0.39 is 32.5 Å². The van der Waals surface area contributed by atoms with Crippen LogP contribution in [0.5, 0.6) is 0 Å². The number of carbonyl (C=O) groups is 2. The second-order valence-electron chi connectivity index (χ2n) is 19.2. The molecular weight excluding hydrogens is 858 g/mol. The van der Waals surface area contributed by atoms with Crippen LogP contribution in [-0.2, 0) is 32.7 Å². The Bertz CT molecular complexity index is 1360. The number of rotatable bonds is 49. The smallest absolute Gasteiger partial charge is 0.306 e. The lowest BCUT2D eigenvalue weighted by Gasteiger charge is -2.28. The Morgan fingerprint density at radius 3 is 1.28 bits per heavy atom. The van der Waals surface area contributed by atoms with E-state index in [4.69, 9.17) is 18.5 Å². The molecule has 0 aromatic rings. The molecule has 67 heavy (non-hydrogen) atoms. The van der Waals surface area contributed by atoms with Crippen molar-refractivity contribution in [2.45, 2.75) is 232 Å². The lowest BCUT2D eigenvalue weighted by atomic mass is 10.0. The number of ether oxygens (including phenoxy) is 2. The molecule has 388 valence electrons. The quantitative estimate of drug-likeness (QED) is 0.0195. The number of hydrogen-bond acceptors (Lipinski definition) is 8. The van der Waals surface area contributed by atoms with Crippen molar-refractivity contribution in [3.63, 3.8) is 0 Å². The summed E-state index contributed by atoms with van der Waals surface area (Å²) in [4.78, 5) is 37.7. The molecule has 0 saturated carbocycles. The van der Waals surface area contributed by atoms with Crippen LogP contribution in [0, 0.1) is 0 Å². The van der Waals surface area contributed by atoms with Gasteiger partial charge < -0.3 is 27.9 Å². The molecule has 0 bridgehead atoms. The van der Waals surface area contributed by atoms with Gasteiger partial charge in [0, 0.05) is 12.8 Å². The van der Waals surface area contributed by atoms with Crippen LogP contribution in [0.3, 0.4) is 0 Å². The Morgan fingerprint density at radius 2 is 0.851 bits per heavy atom. The Kier molecular flexibility index (Phi) is 46.6. The minimum Gasteiger partial charge on any atom is -0.756 e. The standard InChI is InChI=1S/C57H102NO8P/c1-6-8-10-12-14-16-18-20-21-22-23-24-25-26-27-28-29-30-31-32-33-34-35-36-37-38-40-42-44-46-48-50-57(60)66-55(54-65-67(61,62)64-52-51-58(3,4)5)53-63-56(59)49-47-45-43-41-39-19-17-15-13-11-9-7-2/h8,10,14-17,20-21,23-24,26-27,55H,6-7,9,11-13,18-19,22,25,28-54H2,1-5H3/b10-8-,16-14-,17-15-,21-20-,24-23-,27-26-. The molecule has 0 aliphatic carbocycles. The minimum atomic E-state index is -4.63. The summed E-state index contributed by atoms with van der Waals surface area (Å²) < 4.78 is 34.0. The molecule has 0 aliphatic rings. The van der Waals surface area contributed by atoms with Crippen LogP contribution in [0.2, 0.25) is 0 Å². The van der Waals surface area contributed by atoms with Crippen LogP contribution in [0.1, 0.15) is 226 Å². The monoisotopic (exact) mass is 960 g/mol. The molecule has 2 atom stereocenters. The number of likely N-dealkylation sites (N-methyl/N-ethyl adjacent to an activating group) is 1. The Hall–Kier alpha value is -2.55. The van der Waals surface area contributed by atoms with E-state index in [1.165, 1.54) is 103 Å². The molecule has 0 heterocycles. The van der Waals surface area contributed by atoms with Crippen LogP contribution in [0.4, 0.5) is 0 Å². The topological polar surface area (TPSA) is 111 Å². The van der Waals surface area contributed by atoms with E-state index in [0.717, 1.165) is 89.9 Å². The first-order valence-electron chi connectivity index (χ1n) is 27.1. The highest BCUT2D eigenvalue weighted by atomic mass is 31.2. The third kappa shape index (κ3) is 52.7. The summed E-state index contributed by atoms with van der Waals surface area (Å²) in [5.41, 5.74) is 0. The summed E-state index contributed by atoms with van der Waals surface area (Å²) in [5.74, 6) is -0.843. The van der Waals surface area contributed by atoms with Crippen molar-refractivity contribution in [3.8, 4) is 0 Å². The maximum atomic E-state index is 12.8. The third-order valence-corrected chi connectivity index (χ3v) is 12.4. The van der Waals surface area contributed by atoms with Crippen LogP contribution < -0.4 is 4.89 Å². The number of phosphoric ester groups is 1. The van der Waals surface area contributed by atoms with Gasteiger partial charge >= 0.3 is 11.9 Å². The normalized spacial score (nSPS) is 13.9. The second kappa shape index (κ2) is 48.5. The van der Waals surface area contributed by atoms with Crippen molar-refractivity contribution >= 4 is 19.8 Å². The van der Waals surface area contributed by atoms with Crippen molar-refractivity contribution in [1.82, 2.24) is 0 Å². The van der Waals surface area contributed by atoms with Gasteiger partial charge in [-0.2, -0.15) is 0 Å². The SMILES string of the molecule is CC/C=C\C/C=C\C/C=C\C/C=C\C/C=C\CCCCCCCCCCCCCCCCCC(=O)OC(COC(=O)CCCCCCC/C=C\CCCCC)COP(=O)([O-])OCC[N+](C)(C)C. The largest absolute Gasteiger partial charge is 0.756 e. The molecule has 0 saturated heterocycles. The average Bonchev–Trinajstić information content (AvgIpc) is 3.29. The van der Waals surface area contributed by atoms with Crippen LogP contribution >= 0.6 is 7.82 Å². The van der Waals surface area contributed by atoms with Gasteiger partial charge in [0.15, 0.2) is 6.10 Å². The number of hydrogen-bond donors (Lipinski definition) is 0. The molecule has 0 aromatic heterocycles. The number of nitrogens with zero attached hydrogens (tertiary/aromatic N) is 1. The minimum absolute atomic E-state index is 0.0336. The van der Waals surface area contributed by atoms with Gasteiger partial charge in [-0.1, -0.05) is 202 Å². The van der Waals surface area contributed by atoms with E-state index in [1.807, 2.05) is 21.1 Å². The Balaban J connectivity index is 4.08. The highest BCUT2D eigenvalue weighted by Crippen LogP contribution is 2.38. The van der Waals surface area contributed by atoms with Crippen LogP contribution in [-0.4, -0.2) is 70.0 Å². The molecule has 9 nitrogen and oxygen atoms in total. The molecule has 0 fully saturated rings. The Labute approximate surface area is 412 Å². The molecule has 10 heteroatoms. The first kappa shape index (κ1) is 64.5. The number of unbranched alkanes of at least 4 members (excludes halogenated alkanes) is 23. The fourth-order valence-corrected chi connectivity index (χ4v) is 7.99. The molecule has 0 radical (unpaired) electrons. The predicted octanol–water partition coefficient (Wildman–Crippen LogP) is 15.9. The number of phosphoric acid groups is 1. The van der Waals surface area contributed by atoms with Gasteiger partial charge in [-0.05, 0) is 83.5 Å².